The summed E-state index contributed by atoms with van der Waals surface area (Å²) in [5, 5.41) is 19.7. The fourth-order valence-corrected chi connectivity index (χ4v) is 2.49. The lowest BCUT2D eigenvalue weighted by Crippen LogP contribution is -2.03. The standard InChI is InChI=1S/C19H15NO2S/c21-14-10-11-15(17(22)12-14)19(13-6-2-1-3-7-13)20-16-8-4-5-9-18(16)23/h1-12,21-23H. The topological polar surface area (TPSA) is 52.8 Å². The molecule has 0 fully saturated rings. The van der Waals surface area contributed by atoms with Crippen molar-refractivity contribution in [2.24, 2.45) is 4.99 Å². The van der Waals surface area contributed by atoms with Crippen LogP contribution in [0.2, 0.25) is 0 Å². The van der Waals surface area contributed by atoms with Crippen molar-refractivity contribution in [3.05, 3.63) is 83.9 Å². The summed E-state index contributed by atoms with van der Waals surface area (Å²) in [7, 11) is 0. The fraction of sp³-hybridized carbons (Fsp3) is 0. The quantitative estimate of drug-likeness (QED) is 0.489. The molecule has 2 N–H and O–H groups in total. The zero-order valence-corrected chi connectivity index (χ0v) is 13.1. The first-order valence-corrected chi connectivity index (χ1v) is 7.54. The van der Waals surface area contributed by atoms with Gasteiger partial charge in [-0.05, 0) is 24.3 Å². The molecule has 3 aromatic rings. The average molecular weight is 321 g/mol. The fourth-order valence-electron chi connectivity index (χ4n) is 2.28. The third kappa shape index (κ3) is 3.38. The predicted molar refractivity (Wildman–Crippen MR) is 95.2 cm³/mol. The van der Waals surface area contributed by atoms with Gasteiger partial charge in [0.15, 0.2) is 0 Å². The van der Waals surface area contributed by atoms with Crippen LogP contribution in [0.15, 0.2) is 82.7 Å². The van der Waals surface area contributed by atoms with Gasteiger partial charge >= 0.3 is 0 Å². The minimum Gasteiger partial charge on any atom is -0.508 e. The zero-order valence-electron chi connectivity index (χ0n) is 12.2. The Bertz CT molecular complexity index is 860. The van der Waals surface area contributed by atoms with Gasteiger partial charge in [-0.25, -0.2) is 4.99 Å². The highest BCUT2D eigenvalue weighted by molar-refractivity contribution is 7.80. The van der Waals surface area contributed by atoms with E-state index in [4.69, 9.17) is 0 Å². The van der Waals surface area contributed by atoms with Gasteiger partial charge in [-0.1, -0.05) is 42.5 Å². The molecule has 23 heavy (non-hydrogen) atoms. The Labute approximate surface area is 140 Å². The van der Waals surface area contributed by atoms with Gasteiger partial charge in [-0.15, -0.1) is 12.6 Å². The minimum atomic E-state index is -0.0238. The number of thiol groups is 1. The summed E-state index contributed by atoms with van der Waals surface area (Å²) in [5.74, 6) is -0.0162. The average Bonchev–Trinajstić information content (AvgIpc) is 2.56. The highest BCUT2D eigenvalue weighted by atomic mass is 32.1. The van der Waals surface area contributed by atoms with Crippen molar-refractivity contribution in [1.82, 2.24) is 0 Å². The number of hydrogen-bond donors (Lipinski definition) is 3. The number of hydrogen-bond acceptors (Lipinski definition) is 4. The van der Waals surface area contributed by atoms with E-state index in [2.05, 4.69) is 17.6 Å². The number of aliphatic imine (C=N–C) groups is 1. The molecule has 0 bridgehead atoms. The molecule has 4 heteroatoms. The van der Waals surface area contributed by atoms with Crippen LogP contribution in [0.4, 0.5) is 5.69 Å². The zero-order chi connectivity index (χ0) is 16.2. The molecule has 0 aromatic heterocycles. The van der Waals surface area contributed by atoms with E-state index < -0.39 is 0 Å². The predicted octanol–water partition coefficient (Wildman–Crippen LogP) is 4.56. The van der Waals surface area contributed by atoms with Crippen molar-refractivity contribution in [2.45, 2.75) is 4.90 Å². The molecule has 0 atom stereocenters. The van der Waals surface area contributed by atoms with Crippen LogP contribution < -0.4 is 0 Å². The SMILES string of the molecule is Oc1ccc(C(=Nc2ccccc2S)c2ccccc2)c(O)c1. The van der Waals surface area contributed by atoms with Crippen LogP contribution in [0.3, 0.4) is 0 Å². The second-order valence-electron chi connectivity index (χ2n) is 5.02. The van der Waals surface area contributed by atoms with E-state index in [1.54, 1.807) is 6.07 Å². The molecule has 0 aliphatic rings. The maximum Gasteiger partial charge on any atom is 0.128 e. The maximum atomic E-state index is 10.2. The number of para-hydroxylation sites is 1. The molecule has 0 radical (unpaired) electrons. The summed E-state index contributed by atoms with van der Waals surface area (Å²) >= 11 is 4.43. The molecule has 0 aliphatic carbocycles. The van der Waals surface area contributed by atoms with E-state index in [1.807, 2.05) is 54.6 Å². The summed E-state index contributed by atoms with van der Waals surface area (Å²) in [6.07, 6.45) is 0. The summed E-state index contributed by atoms with van der Waals surface area (Å²) in [6.45, 7) is 0. The molecule has 114 valence electrons. The Morgan fingerprint density at radius 1 is 0.826 bits per heavy atom. The molecular formula is C19H15NO2S. The minimum absolute atomic E-state index is 0.00765. The van der Waals surface area contributed by atoms with E-state index in [0.29, 0.717) is 17.0 Å². The van der Waals surface area contributed by atoms with Crippen molar-refractivity contribution < 1.29 is 10.2 Å². The van der Waals surface area contributed by atoms with Crippen LogP contribution >= 0.6 is 12.6 Å². The van der Waals surface area contributed by atoms with Gasteiger partial charge in [-0.2, -0.15) is 0 Å². The number of nitrogens with zero attached hydrogens (tertiary/aromatic N) is 1. The van der Waals surface area contributed by atoms with E-state index in [9.17, 15) is 10.2 Å². The number of benzene rings is 3. The molecule has 0 saturated carbocycles. The van der Waals surface area contributed by atoms with Crippen LogP contribution in [-0.2, 0) is 0 Å². The summed E-state index contributed by atoms with van der Waals surface area (Å²) < 4.78 is 0. The molecular weight excluding hydrogens is 306 g/mol. The molecule has 0 heterocycles. The highest BCUT2D eigenvalue weighted by Crippen LogP contribution is 2.29. The largest absolute Gasteiger partial charge is 0.508 e. The van der Waals surface area contributed by atoms with Crippen LogP contribution in [0.25, 0.3) is 0 Å². The van der Waals surface area contributed by atoms with Gasteiger partial charge in [-0.3, -0.25) is 0 Å². The van der Waals surface area contributed by atoms with Gasteiger partial charge in [0.2, 0.25) is 0 Å². The summed E-state index contributed by atoms with van der Waals surface area (Å²) in [4.78, 5) is 5.44. The highest BCUT2D eigenvalue weighted by Gasteiger charge is 2.13. The van der Waals surface area contributed by atoms with Crippen LogP contribution in [0.5, 0.6) is 11.5 Å². The number of rotatable bonds is 3. The first-order valence-electron chi connectivity index (χ1n) is 7.09. The van der Waals surface area contributed by atoms with E-state index >= 15 is 0 Å². The molecule has 3 nitrogen and oxygen atoms in total. The first-order chi connectivity index (χ1) is 11.1. The van der Waals surface area contributed by atoms with Gasteiger partial charge in [0.1, 0.15) is 11.5 Å². The smallest absolute Gasteiger partial charge is 0.128 e. The lowest BCUT2D eigenvalue weighted by Gasteiger charge is -2.10. The Kier molecular flexibility index (Phi) is 4.35. The molecule has 0 aliphatic heterocycles. The van der Waals surface area contributed by atoms with Gasteiger partial charge in [0.05, 0.1) is 11.4 Å². The van der Waals surface area contributed by atoms with Crippen molar-refractivity contribution in [1.29, 1.82) is 0 Å². The van der Waals surface area contributed by atoms with Crippen molar-refractivity contribution in [2.75, 3.05) is 0 Å². The Balaban J connectivity index is 2.21. The molecule has 0 unspecified atom stereocenters. The first kappa shape index (κ1) is 15.2. The molecule has 0 spiro atoms. The second kappa shape index (κ2) is 6.58. The molecule has 0 saturated heterocycles. The van der Waals surface area contributed by atoms with Gasteiger partial charge < -0.3 is 10.2 Å². The number of phenols is 2. The van der Waals surface area contributed by atoms with E-state index in [0.717, 1.165) is 10.5 Å². The van der Waals surface area contributed by atoms with Crippen LogP contribution in [-0.4, -0.2) is 15.9 Å². The normalized spacial score (nSPS) is 11.4. The summed E-state index contributed by atoms with van der Waals surface area (Å²) in [6, 6.07) is 21.6. The lowest BCUT2D eigenvalue weighted by molar-refractivity contribution is 0.450. The van der Waals surface area contributed by atoms with E-state index in [-0.39, 0.29) is 11.5 Å². The maximum absolute atomic E-state index is 10.2. The van der Waals surface area contributed by atoms with Crippen molar-refractivity contribution >= 4 is 24.0 Å². The Hall–Kier alpha value is -2.72. The molecule has 3 rings (SSSR count). The van der Waals surface area contributed by atoms with Crippen LogP contribution in [0.1, 0.15) is 11.1 Å². The Morgan fingerprint density at radius 3 is 2.22 bits per heavy atom. The third-order valence-electron chi connectivity index (χ3n) is 3.40. The van der Waals surface area contributed by atoms with Crippen molar-refractivity contribution in [3.63, 3.8) is 0 Å². The third-order valence-corrected chi connectivity index (χ3v) is 3.78. The lowest BCUT2D eigenvalue weighted by atomic mass is 10.0. The molecule has 0 amide bonds. The Morgan fingerprint density at radius 2 is 1.52 bits per heavy atom. The van der Waals surface area contributed by atoms with Crippen LogP contribution in [0, 0.1) is 0 Å². The van der Waals surface area contributed by atoms with Gasteiger partial charge in [0, 0.05) is 22.1 Å². The molecule has 3 aromatic carbocycles. The number of phenolic OH excluding ortho intramolecular Hbond substituents is 2. The van der Waals surface area contributed by atoms with E-state index in [1.165, 1.54) is 12.1 Å². The van der Waals surface area contributed by atoms with Gasteiger partial charge in [0.25, 0.3) is 0 Å². The monoisotopic (exact) mass is 321 g/mol. The summed E-state index contributed by atoms with van der Waals surface area (Å²) in [5.41, 5.74) is 2.74. The second-order valence-corrected chi connectivity index (χ2v) is 5.50. The number of aromatic hydroxyl groups is 2. The van der Waals surface area contributed by atoms with Crippen molar-refractivity contribution in [3.8, 4) is 11.5 Å².